The van der Waals surface area contributed by atoms with Gasteiger partial charge in [0.05, 0.1) is 0 Å². The molecule has 12 rings (SSSR count). The van der Waals surface area contributed by atoms with Gasteiger partial charge in [-0.2, -0.15) is 0 Å². The van der Waals surface area contributed by atoms with Gasteiger partial charge in [0.1, 0.15) is 11.2 Å². The molecule has 0 radical (unpaired) electrons. The van der Waals surface area contributed by atoms with Crippen molar-refractivity contribution in [2.24, 2.45) is 0 Å². The van der Waals surface area contributed by atoms with Crippen molar-refractivity contribution in [2.75, 3.05) is 4.90 Å². The standard InChI is InChI=1S/C58H37NOS/c1-3-14-38(15-4-1)39-26-32-43(33-27-39)59(44-34-28-40(29-35-44)46-22-13-23-50-47-18-10-12-25-53(47)61-58(46)50)45-36-30-42(31-37-45)54-48-19-7-8-20-49(48)57-56(51-21-9-11-24-52(51)60-57)55(54)41-16-5-2-6-17-41/h1-37H. The van der Waals surface area contributed by atoms with E-state index in [0.717, 1.165) is 55.5 Å². The second kappa shape index (κ2) is 14.5. The van der Waals surface area contributed by atoms with Crippen molar-refractivity contribution in [1.82, 2.24) is 0 Å². The average molecular weight is 796 g/mol. The molecular formula is C58H37NOS. The van der Waals surface area contributed by atoms with Crippen molar-refractivity contribution < 1.29 is 4.42 Å². The summed E-state index contributed by atoms with van der Waals surface area (Å²) in [5, 5.41) is 7.17. The summed E-state index contributed by atoms with van der Waals surface area (Å²) in [6.45, 7) is 0. The van der Waals surface area contributed by atoms with Crippen LogP contribution >= 0.6 is 11.3 Å². The summed E-state index contributed by atoms with van der Waals surface area (Å²) in [6, 6.07) is 81.0. The minimum Gasteiger partial charge on any atom is -0.455 e. The predicted molar refractivity (Wildman–Crippen MR) is 261 cm³/mol. The van der Waals surface area contributed by atoms with Gasteiger partial charge in [-0.15, -0.1) is 11.3 Å². The van der Waals surface area contributed by atoms with Crippen molar-refractivity contribution in [3.8, 4) is 44.5 Å². The Labute approximate surface area is 357 Å². The zero-order chi connectivity index (χ0) is 40.3. The van der Waals surface area contributed by atoms with Crippen LogP contribution in [0.1, 0.15) is 0 Å². The number of fused-ring (bicyclic) bond motifs is 8. The normalized spacial score (nSPS) is 11.6. The molecule has 2 heterocycles. The van der Waals surface area contributed by atoms with Crippen LogP contribution < -0.4 is 4.90 Å². The lowest BCUT2D eigenvalue weighted by Crippen LogP contribution is -2.09. The van der Waals surface area contributed by atoms with Crippen LogP contribution in [0, 0.1) is 0 Å². The van der Waals surface area contributed by atoms with E-state index >= 15 is 0 Å². The molecule has 2 aromatic heterocycles. The molecule has 0 spiro atoms. The average Bonchev–Trinajstić information content (AvgIpc) is 3.92. The Morgan fingerprint density at radius 1 is 0.328 bits per heavy atom. The molecule has 0 bridgehead atoms. The second-order valence-electron chi connectivity index (χ2n) is 15.6. The number of furan rings is 1. The van der Waals surface area contributed by atoms with E-state index in [2.05, 4.69) is 229 Å². The van der Waals surface area contributed by atoms with Gasteiger partial charge >= 0.3 is 0 Å². The maximum Gasteiger partial charge on any atom is 0.143 e. The minimum absolute atomic E-state index is 0.896. The van der Waals surface area contributed by atoms with Crippen LogP contribution in [0.2, 0.25) is 0 Å². The third kappa shape index (κ3) is 5.93. The fourth-order valence-corrected chi connectivity index (χ4v) is 10.5. The fourth-order valence-electron chi connectivity index (χ4n) is 9.26. The number of thiophene rings is 1. The molecule has 0 N–H and O–H groups in total. The maximum absolute atomic E-state index is 6.67. The highest BCUT2D eigenvalue weighted by Crippen LogP contribution is 2.49. The first-order valence-corrected chi connectivity index (χ1v) is 21.6. The van der Waals surface area contributed by atoms with E-state index in [1.165, 1.54) is 58.9 Å². The molecular weight excluding hydrogens is 759 g/mol. The number of anilines is 3. The largest absolute Gasteiger partial charge is 0.455 e. The lowest BCUT2D eigenvalue weighted by atomic mass is 9.86. The van der Waals surface area contributed by atoms with Crippen LogP contribution in [-0.2, 0) is 0 Å². The molecule has 0 aliphatic carbocycles. The molecule has 12 aromatic rings. The smallest absolute Gasteiger partial charge is 0.143 e. The molecule has 0 saturated carbocycles. The van der Waals surface area contributed by atoms with E-state index in [0.29, 0.717) is 0 Å². The maximum atomic E-state index is 6.67. The van der Waals surface area contributed by atoms with Crippen LogP contribution in [0.3, 0.4) is 0 Å². The lowest BCUT2D eigenvalue weighted by molar-refractivity contribution is 0.673. The van der Waals surface area contributed by atoms with Gasteiger partial charge in [0.15, 0.2) is 0 Å². The van der Waals surface area contributed by atoms with Crippen molar-refractivity contribution in [3.05, 3.63) is 224 Å². The van der Waals surface area contributed by atoms with Crippen molar-refractivity contribution in [3.63, 3.8) is 0 Å². The van der Waals surface area contributed by atoms with E-state index in [4.69, 9.17) is 4.42 Å². The highest BCUT2D eigenvalue weighted by molar-refractivity contribution is 7.26. The van der Waals surface area contributed by atoms with Gasteiger partial charge in [0, 0.05) is 59.0 Å². The summed E-state index contributed by atoms with van der Waals surface area (Å²) >= 11 is 1.87. The summed E-state index contributed by atoms with van der Waals surface area (Å²) in [5.74, 6) is 0. The van der Waals surface area contributed by atoms with Gasteiger partial charge in [-0.05, 0) is 92.9 Å². The molecule has 286 valence electrons. The zero-order valence-electron chi connectivity index (χ0n) is 33.1. The molecule has 3 heteroatoms. The van der Waals surface area contributed by atoms with Crippen LogP contribution in [0.25, 0.3) is 97.4 Å². The van der Waals surface area contributed by atoms with Gasteiger partial charge in [-0.25, -0.2) is 0 Å². The first kappa shape index (κ1) is 35.2. The Bertz CT molecular complexity index is 3550. The first-order valence-electron chi connectivity index (χ1n) is 20.7. The summed E-state index contributed by atoms with van der Waals surface area (Å²) in [7, 11) is 0. The molecule has 0 fully saturated rings. The molecule has 10 aromatic carbocycles. The predicted octanol–water partition coefficient (Wildman–Crippen LogP) is 17.2. The van der Waals surface area contributed by atoms with Crippen LogP contribution in [-0.4, -0.2) is 0 Å². The van der Waals surface area contributed by atoms with Crippen molar-refractivity contribution in [2.45, 2.75) is 0 Å². The Hall–Kier alpha value is -7.72. The molecule has 0 saturated heterocycles. The van der Waals surface area contributed by atoms with Gasteiger partial charge in [0.2, 0.25) is 0 Å². The Kier molecular flexibility index (Phi) is 8.39. The topological polar surface area (TPSA) is 16.4 Å². The second-order valence-corrected chi connectivity index (χ2v) is 16.6. The quantitative estimate of drug-likeness (QED) is 0.160. The number of benzene rings is 10. The minimum atomic E-state index is 0.896. The summed E-state index contributed by atoms with van der Waals surface area (Å²) in [4.78, 5) is 2.37. The fraction of sp³-hybridized carbons (Fsp3) is 0. The molecule has 0 aliphatic rings. The van der Waals surface area contributed by atoms with Gasteiger partial charge in [-0.3, -0.25) is 0 Å². The van der Waals surface area contributed by atoms with Crippen LogP contribution in [0.5, 0.6) is 0 Å². The number of hydrogen-bond donors (Lipinski definition) is 0. The molecule has 0 amide bonds. The van der Waals surface area contributed by atoms with Crippen LogP contribution in [0.4, 0.5) is 17.1 Å². The van der Waals surface area contributed by atoms with E-state index in [-0.39, 0.29) is 0 Å². The number of nitrogens with zero attached hydrogens (tertiary/aromatic N) is 1. The van der Waals surface area contributed by atoms with E-state index in [1.807, 2.05) is 11.3 Å². The third-order valence-electron chi connectivity index (χ3n) is 12.1. The van der Waals surface area contributed by atoms with Crippen molar-refractivity contribution in [1.29, 1.82) is 0 Å². The molecule has 0 atom stereocenters. The first-order chi connectivity index (χ1) is 30.3. The van der Waals surface area contributed by atoms with Crippen LogP contribution in [0.15, 0.2) is 229 Å². The van der Waals surface area contributed by atoms with Crippen molar-refractivity contribution >= 4 is 81.3 Å². The summed E-state index contributed by atoms with van der Waals surface area (Å²) < 4.78 is 9.31. The Morgan fingerprint density at radius 3 is 1.51 bits per heavy atom. The molecule has 0 unspecified atom stereocenters. The zero-order valence-corrected chi connectivity index (χ0v) is 33.9. The number of para-hydroxylation sites is 1. The monoisotopic (exact) mass is 795 g/mol. The van der Waals surface area contributed by atoms with Gasteiger partial charge in [-0.1, -0.05) is 176 Å². The molecule has 0 aliphatic heterocycles. The van der Waals surface area contributed by atoms with E-state index < -0.39 is 0 Å². The highest BCUT2D eigenvalue weighted by Gasteiger charge is 2.23. The van der Waals surface area contributed by atoms with Gasteiger partial charge in [0.25, 0.3) is 0 Å². The SMILES string of the molecule is c1ccc(-c2ccc(N(c3ccc(-c4c(-c5ccccc5)c5c6ccccc6oc5c5ccccc45)cc3)c3ccc(-c4cccc5c4sc4ccccc45)cc3)cc2)cc1. The highest BCUT2D eigenvalue weighted by atomic mass is 32.1. The third-order valence-corrected chi connectivity index (χ3v) is 13.3. The number of rotatable bonds is 7. The Balaban J connectivity index is 1.01. The molecule has 2 nitrogen and oxygen atoms in total. The Morgan fingerprint density at radius 2 is 0.820 bits per heavy atom. The lowest BCUT2D eigenvalue weighted by Gasteiger charge is -2.26. The van der Waals surface area contributed by atoms with E-state index in [1.54, 1.807) is 0 Å². The summed E-state index contributed by atoms with van der Waals surface area (Å²) in [5.41, 5.74) is 14.6. The van der Waals surface area contributed by atoms with E-state index in [9.17, 15) is 0 Å². The molecule has 61 heavy (non-hydrogen) atoms. The van der Waals surface area contributed by atoms with Gasteiger partial charge < -0.3 is 9.32 Å². The number of hydrogen-bond acceptors (Lipinski definition) is 3. The summed E-state index contributed by atoms with van der Waals surface area (Å²) in [6.07, 6.45) is 0.